The second-order valence-corrected chi connectivity index (χ2v) is 2.01. The Balaban J connectivity index is 2.48. The first-order valence-electron chi connectivity index (χ1n) is 2.76. The van der Waals surface area contributed by atoms with Gasteiger partial charge in [-0.05, 0) is 12.8 Å². The smallest absolute Gasteiger partial charge is 0.224 e. The van der Waals surface area contributed by atoms with E-state index < -0.39 is 0 Å². The molecule has 0 aliphatic heterocycles. The second kappa shape index (κ2) is 1.99. The second-order valence-electron chi connectivity index (χ2n) is 2.01. The molecule has 0 spiro atoms. The number of amides is 1. The zero-order valence-electron chi connectivity index (χ0n) is 4.63. The van der Waals surface area contributed by atoms with Crippen molar-refractivity contribution in [3.8, 4) is 0 Å². The standard InChI is InChI=1S/C6H9NO/c7-6(8)5-3-1-2-4-5/h1,3,5H,2,4H2,(H2,7,8)/t5-/m0/s1. The van der Waals surface area contributed by atoms with Crippen molar-refractivity contribution in [3.63, 3.8) is 0 Å². The first-order chi connectivity index (χ1) is 3.80. The molecule has 2 nitrogen and oxygen atoms in total. The highest BCUT2D eigenvalue weighted by molar-refractivity contribution is 5.78. The highest BCUT2D eigenvalue weighted by Gasteiger charge is 2.13. The number of hydrogen-bond acceptors (Lipinski definition) is 1. The molecule has 1 aliphatic rings. The van der Waals surface area contributed by atoms with E-state index in [2.05, 4.69) is 0 Å². The minimum atomic E-state index is -0.196. The van der Waals surface area contributed by atoms with Gasteiger partial charge in [-0.1, -0.05) is 12.2 Å². The first-order valence-corrected chi connectivity index (χ1v) is 2.76. The van der Waals surface area contributed by atoms with E-state index in [-0.39, 0.29) is 11.8 Å². The lowest BCUT2D eigenvalue weighted by atomic mass is 10.1. The van der Waals surface area contributed by atoms with E-state index >= 15 is 0 Å². The van der Waals surface area contributed by atoms with Crippen LogP contribution in [0.4, 0.5) is 0 Å². The Hall–Kier alpha value is -0.790. The van der Waals surface area contributed by atoms with E-state index in [1.54, 1.807) is 0 Å². The molecule has 0 aromatic rings. The van der Waals surface area contributed by atoms with Crippen LogP contribution >= 0.6 is 0 Å². The van der Waals surface area contributed by atoms with Crippen LogP contribution in [-0.4, -0.2) is 5.91 Å². The Labute approximate surface area is 48.4 Å². The van der Waals surface area contributed by atoms with Crippen LogP contribution in [0.5, 0.6) is 0 Å². The van der Waals surface area contributed by atoms with Crippen LogP contribution in [0.1, 0.15) is 12.8 Å². The molecule has 1 aliphatic carbocycles. The molecule has 1 amide bonds. The van der Waals surface area contributed by atoms with Gasteiger partial charge in [0.15, 0.2) is 0 Å². The maximum Gasteiger partial charge on any atom is 0.224 e. The number of carbonyl (C=O) groups is 1. The van der Waals surface area contributed by atoms with Crippen molar-refractivity contribution < 1.29 is 4.79 Å². The monoisotopic (exact) mass is 111 g/mol. The molecule has 2 heteroatoms. The summed E-state index contributed by atoms with van der Waals surface area (Å²) in [6.07, 6.45) is 5.79. The minimum absolute atomic E-state index is 0.0231. The molecule has 0 heterocycles. The van der Waals surface area contributed by atoms with Crippen molar-refractivity contribution in [3.05, 3.63) is 12.2 Å². The molecule has 0 saturated carbocycles. The normalized spacial score (nSPS) is 26.2. The molecule has 8 heavy (non-hydrogen) atoms. The van der Waals surface area contributed by atoms with Crippen molar-refractivity contribution in [1.29, 1.82) is 0 Å². The number of primary amides is 1. The highest BCUT2D eigenvalue weighted by Crippen LogP contribution is 2.15. The van der Waals surface area contributed by atoms with Crippen LogP contribution < -0.4 is 5.73 Å². The molecule has 1 atom stereocenters. The Morgan fingerprint density at radius 1 is 1.75 bits per heavy atom. The summed E-state index contributed by atoms with van der Waals surface area (Å²) in [6.45, 7) is 0. The number of allylic oxidation sites excluding steroid dienone is 1. The third-order valence-electron chi connectivity index (χ3n) is 1.38. The number of rotatable bonds is 1. The van der Waals surface area contributed by atoms with E-state index in [1.807, 2.05) is 12.2 Å². The van der Waals surface area contributed by atoms with E-state index in [4.69, 9.17) is 5.73 Å². The van der Waals surface area contributed by atoms with Crippen molar-refractivity contribution in [2.75, 3.05) is 0 Å². The maximum atomic E-state index is 10.4. The van der Waals surface area contributed by atoms with Gasteiger partial charge in [0.25, 0.3) is 0 Å². The molecular formula is C6H9NO. The van der Waals surface area contributed by atoms with Gasteiger partial charge in [-0.3, -0.25) is 4.79 Å². The average molecular weight is 111 g/mol. The SMILES string of the molecule is NC(=O)[C@H]1C=CCC1. The van der Waals surface area contributed by atoms with Crippen molar-refractivity contribution in [1.82, 2.24) is 0 Å². The summed E-state index contributed by atoms with van der Waals surface area (Å²) in [4.78, 5) is 10.4. The molecule has 0 saturated heterocycles. The fraction of sp³-hybridized carbons (Fsp3) is 0.500. The molecular weight excluding hydrogens is 102 g/mol. The Kier molecular flexibility index (Phi) is 1.33. The van der Waals surface area contributed by atoms with Gasteiger partial charge in [-0.25, -0.2) is 0 Å². The molecule has 0 unspecified atom stereocenters. The quantitative estimate of drug-likeness (QED) is 0.490. The van der Waals surface area contributed by atoms with Crippen molar-refractivity contribution in [2.45, 2.75) is 12.8 Å². The van der Waals surface area contributed by atoms with Crippen LogP contribution in [0, 0.1) is 5.92 Å². The number of nitrogens with two attached hydrogens (primary N) is 1. The van der Waals surface area contributed by atoms with Crippen LogP contribution in [-0.2, 0) is 4.79 Å². The van der Waals surface area contributed by atoms with Crippen LogP contribution in [0.3, 0.4) is 0 Å². The molecule has 1 rings (SSSR count). The van der Waals surface area contributed by atoms with Gasteiger partial charge in [0.2, 0.25) is 5.91 Å². The van der Waals surface area contributed by atoms with Crippen LogP contribution in [0.15, 0.2) is 12.2 Å². The van der Waals surface area contributed by atoms with Gasteiger partial charge < -0.3 is 5.73 Å². The molecule has 0 aromatic heterocycles. The molecule has 0 fully saturated rings. The summed E-state index contributed by atoms with van der Waals surface area (Å²) in [5.74, 6) is -0.172. The maximum absolute atomic E-state index is 10.4. The van der Waals surface area contributed by atoms with Crippen molar-refractivity contribution >= 4 is 5.91 Å². The lowest BCUT2D eigenvalue weighted by Gasteiger charge is -1.97. The largest absolute Gasteiger partial charge is 0.369 e. The Bertz CT molecular complexity index is 128. The summed E-state index contributed by atoms with van der Waals surface area (Å²) in [5.41, 5.74) is 5.01. The Morgan fingerprint density at radius 2 is 2.50 bits per heavy atom. The van der Waals surface area contributed by atoms with Gasteiger partial charge in [0.1, 0.15) is 0 Å². The molecule has 0 aromatic carbocycles. The summed E-state index contributed by atoms with van der Waals surface area (Å²) in [7, 11) is 0. The fourth-order valence-corrected chi connectivity index (χ4v) is 0.870. The minimum Gasteiger partial charge on any atom is -0.369 e. The third kappa shape index (κ3) is 0.886. The summed E-state index contributed by atoms with van der Waals surface area (Å²) < 4.78 is 0. The highest BCUT2D eigenvalue weighted by atomic mass is 16.1. The lowest BCUT2D eigenvalue weighted by molar-refractivity contribution is -0.120. The molecule has 0 bridgehead atoms. The number of carbonyl (C=O) groups excluding carboxylic acids is 1. The third-order valence-corrected chi connectivity index (χ3v) is 1.38. The van der Waals surface area contributed by atoms with Gasteiger partial charge >= 0.3 is 0 Å². The van der Waals surface area contributed by atoms with Crippen LogP contribution in [0.25, 0.3) is 0 Å². The van der Waals surface area contributed by atoms with E-state index in [9.17, 15) is 4.79 Å². The zero-order valence-corrected chi connectivity index (χ0v) is 4.63. The average Bonchev–Trinajstić information content (AvgIpc) is 2.12. The van der Waals surface area contributed by atoms with E-state index in [1.165, 1.54) is 0 Å². The summed E-state index contributed by atoms with van der Waals surface area (Å²) in [5, 5.41) is 0. The topological polar surface area (TPSA) is 43.1 Å². The summed E-state index contributed by atoms with van der Waals surface area (Å²) >= 11 is 0. The molecule has 0 radical (unpaired) electrons. The van der Waals surface area contributed by atoms with Gasteiger partial charge in [-0.15, -0.1) is 0 Å². The van der Waals surface area contributed by atoms with Crippen molar-refractivity contribution in [2.24, 2.45) is 11.7 Å². The summed E-state index contributed by atoms with van der Waals surface area (Å²) in [6, 6.07) is 0. The first kappa shape index (κ1) is 5.35. The van der Waals surface area contributed by atoms with Gasteiger partial charge in [-0.2, -0.15) is 0 Å². The van der Waals surface area contributed by atoms with Gasteiger partial charge in [0, 0.05) is 0 Å². The molecule has 44 valence electrons. The molecule has 2 N–H and O–H groups in total. The van der Waals surface area contributed by atoms with Crippen LogP contribution in [0.2, 0.25) is 0 Å². The lowest BCUT2D eigenvalue weighted by Crippen LogP contribution is -2.19. The number of hydrogen-bond donors (Lipinski definition) is 1. The predicted molar refractivity (Wildman–Crippen MR) is 31.1 cm³/mol. The predicted octanol–water partition coefficient (Wildman–Crippen LogP) is 0.438. The van der Waals surface area contributed by atoms with E-state index in [0.29, 0.717) is 0 Å². The van der Waals surface area contributed by atoms with Gasteiger partial charge in [0.05, 0.1) is 5.92 Å². The van der Waals surface area contributed by atoms with E-state index in [0.717, 1.165) is 12.8 Å². The zero-order chi connectivity index (χ0) is 5.98. The Morgan fingerprint density at radius 3 is 2.75 bits per heavy atom. The fourth-order valence-electron chi connectivity index (χ4n) is 0.870.